The molecule has 1 aromatic rings. The molecule has 1 heteroatoms. The highest BCUT2D eigenvalue weighted by molar-refractivity contribution is 5.58. The highest BCUT2D eigenvalue weighted by Crippen LogP contribution is 2.29. The number of fused-ring (bicyclic) bond motifs is 1. The second kappa shape index (κ2) is 1.94. The van der Waals surface area contributed by atoms with Crippen molar-refractivity contribution in [1.82, 2.24) is 0 Å². The van der Waals surface area contributed by atoms with Crippen LogP contribution in [-0.2, 0) is 0 Å². The van der Waals surface area contributed by atoms with Crippen LogP contribution in [0.4, 0.5) is 4.39 Å². The standard InChI is InChI=1S/C9H6F/c10-9-6-5-7-3-1-2-4-8(7)9/h1-5,9H. The predicted molar refractivity (Wildman–Crippen MR) is 38.0 cm³/mol. The van der Waals surface area contributed by atoms with Gasteiger partial charge in [0, 0.05) is 0 Å². The fourth-order valence-corrected chi connectivity index (χ4v) is 1.13. The molecule has 0 nitrogen and oxygen atoms in total. The number of halogens is 1. The van der Waals surface area contributed by atoms with Crippen LogP contribution in [0.15, 0.2) is 24.3 Å². The van der Waals surface area contributed by atoms with Crippen LogP contribution in [-0.4, -0.2) is 0 Å². The minimum absolute atomic E-state index is 0.738. The van der Waals surface area contributed by atoms with Crippen LogP contribution in [0.3, 0.4) is 0 Å². The molecule has 1 unspecified atom stereocenters. The summed E-state index contributed by atoms with van der Waals surface area (Å²) in [5.41, 5.74) is 1.69. The number of alkyl halides is 1. The molecule has 0 amide bonds. The molecule has 1 atom stereocenters. The lowest BCUT2D eigenvalue weighted by Gasteiger charge is -1.98. The number of hydrogen-bond acceptors (Lipinski definition) is 0. The molecule has 2 rings (SSSR count). The van der Waals surface area contributed by atoms with E-state index < -0.39 is 6.17 Å². The zero-order valence-corrected chi connectivity index (χ0v) is 5.34. The topological polar surface area (TPSA) is 0 Å². The molecule has 0 saturated carbocycles. The van der Waals surface area contributed by atoms with Crippen LogP contribution in [0, 0.1) is 6.08 Å². The van der Waals surface area contributed by atoms with E-state index in [1.54, 1.807) is 12.1 Å². The van der Waals surface area contributed by atoms with Crippen molar-refractivity contribution in [1.29, 1.82) is 0 Å². The lowest BCUT2D eigenvalue weighted by Crippen LogP contribution is -1.83. The number of hydrogen-bond donors (Lipinski definition) is 0. The quantitative estimate of drug-likeness (QED) is 0.510. The van der Waals surface area contributed by atoms with Crippen molar-refractivity contribution in [3.63, 3.8) is 0 Å². The Labute approximate surface area is 59.0 Å². The summed E-state index contributed by atoms with van der Waals surface area (Å²) >= 11 is 0. The molecule has 49 valence electrons. The summed E-state index contributed by atoms with van der Waals surface area (Å²) in [6.45, 7) is 0. The summed E-state index contributed by atoms with van der Waals surface area (Å²) in [5, 5.41) is 0. The van der Waals surface area contributed by atoms with Gasteiger partial charge in [-0.2, -0.15) is 0 Å². The van der Waals surface area contributed by atoms with Gasteiger partial charge >= 0.3 is 0 Å². The van der Waals surface area contributed by atoms with E-state index in [1.807, 2.05) is 18.2 Å². The van der Waals surface area contributed by atoms with Crippen molar-refractivity contribution in [2.75, 3.05) is 0 Å². The number of allylic oxidation sites excluding steroid dienone is 1. The van der Waals surface area contributed by atoms with E-state index in [4.69, 9.17) is 0 Å². The second-order valence-electron chi connectivity index (χ2n) is 2.30. The van der Waals surface area contributed by atoms with Gasteiger partial charge in [-0.25, -0.2) is 4.39 Å². The Morgan fingerprint density at radius 2 is 2.10 bits per heavy atom. The van der Waals surface area contributed by atoms with Gasteiger partial charge in [0.25, 0.3) is 0 Å². The molecule has 1 aromatic carbocycles. The van der Waals surface area contributed by atoms with E-state index in [0.29, 0.717) is 0 Å². The predicted octanol–water partition coefficient (Wildman–Crippen LogP) is 2.53. The van der Waals surface area contributed by atoms with Crippen LogP contribution in [0.5, 0.6) is 0 Å². The maximum absolute atomic E-state index is 12.8. The molecule has 0 fully saturated rings. The van der Waals surface area contributed by atoms with Gasteiger partial charge in [0.1, 0.15) is 0 Å². The van der Waals surface area contributed by atoms with Crippen molar-refractivity contribution in [2.24, 2.45) is 0 Å². The molecule has 0 spiro atoms. The van der Waals surface area contributed by atoms with Crippen molar-refractivity contribution < 1.29 is 4.39 Å². The monoisotopic (exact) mass is 133 g/mol. The molecule has 0 aliphatic heterocycles. The van der Waals surface area contributed by atoms with Gasteiger partial charge in [-0.3, -0.25) is 0 Å². The first-order valence-corrected chi connectivity index (χ1v) is 3.20. The fourth-order valence-electron chi connectivity index (χ4n) is 1.13. The van der Waals surface area contributed by atoms with Crippen LogP contribution >= 0.6 is 0 Å². The van der Waals surface area contributed by atoms with Gasteiger partial charge in [0.2, 0.25) is 0 Å². The zero-order valence-electron chi connectivity index (χ0n) is 5.34. The first-order valence-electron chi connectivity index (χ1n) is 3.20. The Morgan fingerprint density at radius 3 is 2.90 bits per heavy atom. The minimum atomic E-state index is -1.00. The van der Waals surface area contributed by atoms with E-state index in [1.165, 1.54) is 0 Å². The number of benzene rings is 1. The molecule has 1 aliphatic rings. The maximum atomic E-state index is 12.8. The normalized spacial score (nSPS) is 21.1. The summed E-state index contributed by atoms with van der Waals surface area (Å²) in [6, 6.07) is 7.42. The van der Waals surface area contributed by atoms with Crippen LogP contribution in [0.25, 0.3) is 6.08 Å². The van der Waals surface area contributed by atoms with E-state index >= 15 is 0 Å². The van der Waals surface area contributed by atoms with Gasteiger partial charge in [0.05, 0.1) is 0 Å². The maximum Gasteiger partial charge on any atom is 0.151 e. The minimum Gasteiger partial charge on any atom is -0.237 e. The van der Waals surface area contributed by atoms with Crippen LogP contribution in [0.2, 0.25) is 0 Å². The molecule has 0 aromatic heterocycles. The highest BCUT2D eigenvalue weighted by atomic mass is 19.1. The third kappa shape index (κ3) is 0.670. The van der Waals surface area contributed by atoms with Gasteiger partial charge in [-0.15, -0.1) is 0 Å². The van der Waals surface area contributed by atoms with E-state index in [-0.39, 0.29) is 0 Å². The van der Waals surface area contributed by atoms with Gasteiger partial charge in [-0.05, 0) is 23.3 Å². The third-order valence-corrected chi connectivity index (χ3v) is 1.65. The van der Waals surface area contributed by atoms with Crippen molar-refractivity contribution in [3.8, 4) is 0 Å². The lowest BCUT2D eigenvalue weighted by atomic mass is 10.1. The largest absolute Gasteiger partial charge is 0.237 e. The van der Waals surface area contributed by atoms with Crippen LogP contribution in [0.1, 0.15) is 17.3 Å². The molecule has 10 heavy (non-hydrogen) atoms. The van der Waals surface area contributed by atoms with Crippen molar-refractivity contribution >= 4 is 6.08 Å². The average Bonchev–Trinajstić information content (AvgIpc) is 2.34. The summed E-state index contributed by atoms with van der Waals surface area (Å²) in [5.74, 6) is 0. The summed E-state index contributed by atoms with van der Waals surface area (Å²) < 4.78 is 12.8. The van der Waals surface area contributed by atoms with E-state index in [9.17, 15) is 4.39 Å². The van der Waals surface area contributed by atoms with Gasteiger partial charge < -0.3 is 0 Å². The molecular formula is C9H6F. The van der Waals surface area contributed by atoms with Crippen LogP contribution < -0.4 is 0 Å². The summed E-state index contributed by atoms with van der Waals surface area (Å²) in [7, 11) is 0. The van der Waals surface area contributed by atoms with E-state index in [2.05, 4.69) is 6.08 Å². The average molecular weight is 133 g/mol. The Bertz CT molecular complexity index is 276. The second-order valence-corrected chi connectivity index (χ2v) is 2.30. The fraction of sp³-hybridized carbons (Fsp3) is 0.111. The molecular weight excluding hydrogens is 127 g/mol. The summed E-state index contributed by atoms with van der Waals surface area (Å²) in [4.78, 5) is 0. The molecule has 0 heterocycles. The zero-order chi connectivity index (χ0) is 6.97. The molecule has 0 N–H and O–H groups in total. The van der Waals surface area contributed by atoms with Crippen molar-refractivity contribution in [2.45, 2.75) is 6.17 Å². The Kier molecular flexibility index (Phi) is 1.10. The molecule has 0 saturated heterocycles. The third-order valence-electron chi connectivity index (χ3n) is 1.65. The Balaban J connectivity index is 2.59. The lowest BCUT2D eigenvalue weighted by molar-refractivity contribution is 0.410. The Hall–Kier alpha value is -1.11. The first-order chi connectivity index (χ1) is 4.88. The smallest absolute Gasteiger partial charge is 0.151 e. The van der Waals surface area contributed by atoms with Gasteiger partial charge in [0.15, 0.2) is 6.17 Å². The molecule has 1 radical (unpaired) electrons. The highest BCUT2D eigenvalue weighted by Gasteiger charge is 2.14. The van der Waals surface area contributed by atoms with Crippen molar-refractivity contribution in [3.05, 3.63) is 41.5 Å². The Morgan fingerprint density at radius 1 is 1.30 bits per heavy atom. The molecule has 1 aliphatic carbocycles. The SMILES string of the molecule is FC1[C]=Cc2ccccc21. The number of rotatable bonds is 0. The van der Waals surface area contributed by atoms with E-state index in [0.717, 1.165) is 11.1 Å². The van der Waals surface area contributed by atoms with Gasteiger partial charge in [-0.1, -0.05) is 24.3 Å². The first kappa shape index (κ1) is 5.66. The summed E-state index contributed by atoms with van der Waals surface area (Å²) in [6.07, 6.45) is 3.28. The molecule has 0 bridgehead atoms.